The first-order valence-corrected chi connectivity index (χ1v) is 8.95. The molecule has 1 aromatic carbocycles. The molecular weight excluding hydrogens is 383 g/mol. The molecule has 1 aliphatic rings. The van der Waals surface area contributed by atoms with Gasteiger partial charge in [-0.25, -0.2) is 21.9 Å². The van der Waals surface area contributed by atoms with Crippen LogP contribution in [0.1, 0.15) is 5.56 Å². The zero-order valence-corrected chi connectivity index (χ0v) is 14.1. The topological polar surface area (TPSA) is 85.2 Å². The minimum absolute atomic E-state index is 0.0471. The predicted octanol–water partition coefficient (Wildman–Crippen LogP) is 0.951. The van der Waals surface area contributed by atoms with Crippen LogP contribution in [-0.2, 0) is 10.0 Å². The van der Waals surface area contributed by atoms with Gasteiger partial charge < -0.3 is 5.32 Å². The summed E-state index contributed by atoms with van der Waals surface area (Å²) >= 11 is 0. The first-order chi connectivity index (χ1) is 12.1. The summed E-state index contributed by atoms with van der Waals surface area (Å²) in [5, 5.41) is 11.5. The quantitative estimate of drug-likeness (QED) is 0.722. The number of alkyl halides is 3. The van der Waals surface area contributed by atoms with Crippen LogP contribution in [0.25, 0.3) is 0 Å². The molecule has 0 aliphatic carbocycles. The van der Waals surface area contributed by atoms with Crippen LogP contribution in [0.5, 0.6) is 0 Å². The normalized spacial score (nSPS) is 17.7. The second kappa shape index (κ2) is 7.83. The molecule has 2 N–H and O–H groups in total. The third-order valence-corrected chi connectivity index (χ3v) is 5.31. The van der Waals surface area contributed by atoms with Gasteiger partial charge >= 0.3 is 6.18 Å². The highest BCUT2D eigenvalue weighted by molar-refractivity contribution is 7.89. The molecule has 1 saturated heterocycles. The lowest BCUT2D eigenvalue weighted by molar-refractivity contribution is -0.182. The summed E-state index contributed by atoms with van der Waals surface area (Å²) in [6.07, 6.45) is -4.73. The van der Waals surface area contributed by atoms with Gasteiger partial charge in [-0.2, -0.15) is 18.4 Å². The van der Waals surface area contributed by atoms with E-state index in [1.165, 1.54) is 6.07 Å². The van der Waals surface area contributed by atoms with E-state index in [1.54, 1.807) is 4.72 Å². The summed E-state index contributed by atoms with van der Waals surface area (Å²) in [5.74, 6) is -3.11. The molecule has 0 bridgehead atoms. The second-order valence-corrected chi connectivity index (χ2v) is 7.28. The smallest absolute Gasteiger partial charge is 0.314 e. The highest BCUT2D eigenvalue weighted by Gasteiger charge is 2.44. The Morgan fingerprint density at radius 2 is 1.77 bits per heavy atom. The Bertz CT molecular complexity index is 778. The van der Waals surface area contributed by atoms with E-state index in [0.717, 1.165) is 4.90 Å². The monoisotopic (exact) mass is 398 g/mol. The molecule has 12 heteroatoms. The first-order valence-electron chi connectivity index (χ1n) is 7.46. The molecule has 6 nitrogen and oxygen atoms in total. The van der Waals surface area contributed by atoms with Gasteiger partial charge in [0, 0.05) is 32.7 Å². The Labute approximate surface area is 146 Å². The summed E-state index contributed by atoms with van der Waals surface area (Å²) in [5.41, 5.74) is -0.451. The number of nitrogens with zero attached hydrogens (tertiary/aromatic N) is 2. The van der Waals surface area contributed by atoms with Gasteiger partial charge in [-0.15, -0.1) is 0 Å². The number of nitriles is 1. The van der Waals surface area contributed by atoms with Crippen LogP contribution in [0.3, 0.4) is 0 Å². The molecular formula is C14H15F5N4O2S. The number of nitrogens with one attached hydrogen (secondary N) is 2. The summed E-state index contributed by atoms with van der Waals surface area (Å²) in [4.78, 5) is -0.373. The average Bonchev–Trinajstić information content (AvgIpc) is 2.53. The van der Waals surface area contributed by atoms with E-state index in [9.17, 15) is 30.4 Å². The average molecular weight is 398 g/mol. The van der Waals surface area contributed by atoms with E-state index in [2.05, 4.69) is 5.32 Å². The summed E-state index contributed by atoms with van der Waals surface area (Å²) in [7, 11) is -4.89. The van der Waals surface area contributed by atoms with Crippen molar-refractivity contribution >= 4 is 10.0 Å². The van der Waals surface area contributed by atoms with Crippen molar-refractivity contribution in [1.29, 1.82) is 5.26 Å². The molecule has 0 amide bonds. The van der Waals surface area contributed by atoms with E-state index in [1.807, 2.05) is 0 Å². The van der Waals surface area contributed by atoms with Crippen molar-refractivity contribution in [1.82, 2.24) is 14.9 Å². The number of piperazine rings is 1. The number of hydrogen-bond acceptors (Lipinski definition) is 5. The maximum absolute atomic E-state index is 13.9. The van der Waals surface area contributed by atoms with Crippen molar-refractivity contribution in [3.05, 3.63) is 29.3 Å². The molecule has 1 fully saturated rings. The number of rotatable bonds is 5. The lowest BCUT2D eigenvalue weighted by Gasteiger charge is -2.35. The van der Waals surface area contributed by atoms with Gasteiger partial charge in [-0.05, 0) is 12.1 Å². The third kappa shape index (κ3) is 4.67. The number of halogens is 5. The first kappa shape index (κ1) is 20.5. The molecule has 1 heterocycles. The standard InChI is InChI=1S/C14H15F5N4O2S/c15-10-5-9(7-20)6-11(16)13(10)26(24,25)22-8-12(14(17,18)19)23-3-1-21-2-4-23/h5-6,12,21-22H,1-4,8H2. The Hall–Kier alpha value is -1.81. The molecule has 0 radical (unpaired) electrons. The fourth-order valence-corrected chi connectivity index (χ4v) is 3.74. The maximum Gasteiger partial charge on any atom is 0.405 e. The van der Waals surface area contributed by atoms with E-state index >= 15 is 0 Å². The van der Waals surface area contributed by atoms with Crippen molar-refractivity contribution in [3.8, 4) is 6.07 Å². The molecule has 0 aromatic heterocycles. The molecule has 1 atom stereocenters. The Morgan fingerprint density at radius 1 is 1.23 bits per heavy atom. The van der Waals surface area contributed by atoms with Crippen LogP contribution in [0.15, 0.2) is 17.0 Å². The van der Waals surface area contributed by atoms with Crippen LogP contribution < -0.4 is 10.0 Å². The van der Waals surface area contributed by atoms with Crippen LogP contribution >= 0.6 is 0 Å². The van der Waals surface area contributed by atoms with Crippen LogP contribution in [0, 0.1) is 23.0 Å². The molecule has 1 aliphatic heterocycles. The van der Waals surface area contributed by atoms with E-state index in [-0.39, 0.29) is 13.1 Å². The third-order valence-electron chi connectivity index (χ3n) is 3.83. The Kier molecular flexibility index (Phi) is 6.17. The number of sulfonamides is 1. The van der Waals surface area contributed by atoms with Gasteiger partial charge in [0.05, 0.1) is 11.6 Å². The predicted molar refractivity (Wildman–Crippen MR) is 80.5 cm³/mol. The fraction of sp³-hybridized carbons (Fsp3) is 0.500. The largest absolute Gasteiger partial charge is 0.405 e. The minimum Gasteiger partial charge on any atom is -0.314 e. The zero-order valence-electron chi connectivity index (χ0n) is 13.3. The van der Waals surface area contributed by atoms with Crippen LogP contribution in [0.4, 0.5) is 22.0 Å². The molecule has 1 unspecified atom stereocenters. The second-order valence-electron chi connectivity index (χ2n) is 5.58. The number of benzene rings is 1. The molecule has 2 rings (SSSR count). The summed E-state index contributed by atoms with van der Waals surface area (Å²) in [6.45, 7) is -0.391. The highest BCUT2D eigenvalue weighted by atomic mass is 32.2. The molecule has 0 saturated carbocycles. The van der Waals surface area contributed by atoms with Gasteiger partial charge in [0.25, 0.3) is 0 Å². The Morgan fingerprint density at radius 3 is 2.23 bits per heavy atom. The van der Waals surface area contributed by atoms with Crippen molar-refractivity contribution in [3.63, 3.8) is 0 Å². The zero-order chi connectivity index (χ0) is 19.5. The highest BCUT2D eigenvalue weighted by Crippen LogP contribution is 2.26. The summed E-state index contributed by atoms with van der Waals surface area (Å²) < 4.78 is 93.3. The van der Waals surface area contributed by atoms with Crippen LogP contribution in [-0.4, -0.2) is 58.3 Å². The van der Waals surface area contributed by atoms with Gasteiger partial charge in [0.1, 0.15) is 17.7 Å². The van der Waals surface area contributed by atoms with Gasteiger partial charge in [0.2, 0.25) is 10.0 Å². The molecule has 0 spiro atoms. The molecule has 1 aromatic rings. The number of hydrogen-bond donors (Lipinski definition) is 2. The van der Waals surface area contributed by atoms with Crippen molar-refractivity contribution < 1.29 is 30.4 Å². The van der Waals surface area contributed by atoms with Gasteiger partial charge in [0.15, 0.2) is 4.90 Å². The SMILES string of the molecule is N#Cc1cc(F)c(S(=O)(=O)NCC(N2CCNCC2)C(F)(F)F)c(F)c1. The van der Waals surface area contributed by atoms with E-state index < -0.39 is 50.9 Å². The molecule has 26 heavy (non-hydrogen) atoms. The van der Waals surface area contributed by atoms with E-state index in [0.29, 0.717) is 25.2 Å². The lowest BCUT2D eigenvalue weighted by atomic mass is 10.2. The molecule has 144 valence electrons. The van der Waals surface area contributed by atoms with Crippen molar-refractivity contribution in [2.45, 2.75) is 17.1 Å². The maximum atomic E-state index is 13.9. The lowest BCUT2D eigenvalue weighted by Crippen LogP contribution is -2.57. The van der Waals surface area contributed by atoms with Crippen molar-refractivity contribution in [2.24, 2.45) is 0 Å². The Balaban J connectivity index is 2.24. The van der Waals surface area contributed by atoms with E-state index in [4.69, 9.17) is 5.26 Å². The van der Waals surface area contributed by atoms with Crippen LogP contribution in [0.2, 0.25) is 0 Å². The minimum atomic E-state index is -4.89. The summed E-state index contributed by atoms with van der Waals surface area (Å²) in [6, 6.07) is 0.299. The van der Waals surface area contributed by atoms with Gasteiger partial charge in [-0.1, -0.05) is 0 Å². The fourth-order valence-electron chi connectivity index (χ4n) is 2.59. The van der Waals surface area contributed by atoms with Gasteiger partial charge in [-0.3, -0.25) is 4.90 Å². The van der Waals surface area contributed by atoms with Crippen molar-refractivity contribution in [2.75, 3.05) is 32.7 Å².